The molecule has 0 spiro atoms. The van der Waals surface area contributed by atoms with Crippen molar-refractivity contribution < 1.29 is 14.6 Å². The third-order valence-electron chi connectivity index (χ3n) is 2.14. The van der Waals surface area contributed by atoms with Crippen LogP contribution in [0.3, 0.4) is 0 Å². The highest BCUT2D eigenvalue weighted by Gasteiger charge is 2.22. The highest BCUT2D eigenvalue weighted by molar-refractivity contribution is 5.76. The smallest absolute Gasteiger partial charge is 0.323 e. The molecule has 1 aromatic carbocycles. The molecular formula is C13H19NO3. The van der Waals surface area contributed by atoms with E-state index in [0.29, 0.717) is 5.56 Å². The summed E-state index contributed by atoms with van der Waals surface area (Å²) < 4.78 is 5.17. The van der Waals surface area contributed by atoms with Crippen LogP contribution in [0.1, 0.15) is 26.3 Å². The first-order valence-corrected chi connectivity index (χ1v) is 5.55. The van der Waals surface area contributed by atoms with E-state index in [2.05, 4.69) is 0 Å². The molecule has 0 heterocycles. The van der Waals surface area contributed by atoms with Crippen molar-refractivity contribution in [1.82, 2.24) is 0 Å². The predicted molar refractivity (Wildman–Crippen MR) is 65.6 cm³/mol. The predicted octanol–water partition coefficient (Wildman–Crippen LogP) is 1.60. The number of ether oxygens (including phenoxy) is 1. The van der Waals surface area contributed by atoms with Crippen LogP contribution in [-0.2, 0) is 16.0 Å². The standard InChI is InChI=1S/C13H19NO3/c1-13(2,3)17-12(16)10(14)8-9-6-4-5-7-11(9)15/h4-7,10,15H,8,14H2,1-3H3. The topological polar surface area (TPSA) is 72.5 Å². The summed E-state index contributed by atoms with van der Waals surface area (Å²) in [5, 5.41) is 9.57. The molecule has 0 aliphatic heterocycles. The normalized spacial score (nSPS) is 13.2. The fraction of sp³-hybridized carbons (Fsp3) is 0.462. The zero-order chi connectivity index (χ0) is 13.1. The second-order valence-corrected chi connectivity index (χ2v) is 4.97. The van der Waals surface area contributed by atoms with Crippen LogP contribution in [0.25, 0.3) is 0 Å². The molecule has 4 nitrogen and oxygen atoms in total. The molecular weight excluding hydrogens is 218 g/mol. The third-order valence-corrected chi connectivity index (χ3v) is 2.14. The summed E-state index contributed by atoms with van der Waals surface area (Å²) in [6.45, 7) is 5.37. The number of hydrogen-bond donors (Lipinski definition) is 2. The number of phenols is 1. The number of nitrogens with two attached hydrogens (primary N) is 1. The summed E-state index contributed by atoms with van der Waals surface area (Å²) in [6, 6.07) is 6.05. The van der Waals surface area contributed by atoms with Gasteiger partial charge in [0.2, 0.25) is 0 Å². The van der Waals surface area contributed by atoms with Gasteiger partial charge in [-0.25, -0.2) is 0 Å². The van der Waals surface area contributed by atoms with E-state index >= 15 is 0 Å². The molecule has 1 unspecified atom stereocenters. The first-order chi connectivity index (χ1) is 7.79. The monoisotopic (exact) mass is 237 g/mol. The summed E-state index contributed by atoms with van der Waals surface area (Å²) in [5.41, 5.74) is 5.84. The van der Waals surface area contributed by atoms with Crippen LogP contribution in [0.4, 0.5) is 0 Å². The van der Waals surface area contributed by atoms with Crippen LogP contribution in [0.2, 0.25) is 0 Å². The summed E-state index contributed by atoms with van der Waals surface area (Å²) in [6.07, 6.45) is 0.265. The third kappa shape index (κ3) is 4.44. The average Bonchev–Trinajstić information content (AvgIpc) is 2.18. The molecule has 17 heavy (non-hydrogen) atoms. The molecule has 0 aliphatic rings. The number of benzene rings is 1. The van der Waals surface area contributed by atoms with Crippen LogP contribution in [0.5, 0.6) is 5.75 Å². The average molecular weight is 237 g/mol. The van der Waals surface area contributed by atoms with E-state index in [1.54, 1.807) is 45.0 Å². The van der Waals surface area contributed by atoms with Gasteiger partial charge >= 0.3 is 5.97 Å². The van der Waals surface area contributed by atoms with Crippen molar-refractivity contribution in [3.63, 3.8) is 0 Å². The zero-order valence-corrected chi connectivity index (χ0v) is 10.4. The van der Waals surface area contributed by atoms with Crippen molar-refractivity contribution >= 4 is 5.97 Å². The lowest BCUT2D eigenvalue weighted by Gasteiger charge is -2.22. The highest BCUT2D eigenvalue weighted by atomic mass is 16.6. The molecule has 0 aromatic heterocycles. The van der Waals surface area contributed by atoms with Crippen LogP contribution in [0, 0.1) is 0 Å². The second-order valence-electron chi connectivity index (χ2n) is 4.97. The lowest BCUT2D eigenvalue weighted by Crippen LogP contribution is -2.38. The molecule has 0 aliphatic carbocycles. The Bertz CT molecular complexity index is 396. The van der Waals surface area contributed by atoms with Crippen molar-refractivity contribution in [2.24, 2.45) is 5.73 Å². The SMILES string of the molecule is CC(C)(C)OC(=O)C(N)Cc1ccccc1O. The molecule has 1 rings (SSSR count). The quantitative estimate of drug-likeness (QED) is 0.783. The van der Waals surface area contributed by atoms with Gasteiger partial charge in [-0.3, -0.25) is 4.79 Å². The van der Waals surface area contributed by atoms with Crippen molar-refractivity contribution in [2.45, 2.75) is 38.8 Å². The van der Waals surface area contributed by atoms with E-state index < -0.39 is 17.6 Å². The molecule has 94 valence electrons. The molecule has 0 saturated heterocycles. The molecule has 0 amide bonds. The van der Waals surface area contributed by atoms with Gasteiger partial charge in [0, 0.05) is 6.42 Å². The summed E-state index contributed by atoms with van der Waals surface area (Å²) >= 11 is 0. The van der Waals surface area contributed by atoms with Gasteiger partial charge in [0.1, 0.15) is 17.4 Å². The Morgan fingerprint density at radius 2 is 2.00 bits per heavy atom. The van der Waals surface area contributed by atoms with Gasteiger partial charge in [-0.2, -0.15) is 0 Å². The number of carbonyl (C=O) groups is 1. The number of carbonyl (C=O) groups excluding carboxylic acids is 1. The first kappa shape index (κ1) is 13.5. The fourth-order valence-electron chi connectivity index (χ4n) is 1.38. The van der Waals surface area contributed by atoms with E-state index in [1.165, 1.54) is 0 Å². The van der Waals surface area contributed by atoms with Crippen LogP contribution >= 0.6 is 0 Å². The van der Waals surface area contributed by atoms with Crippen molar-refractivity contribution in [3.05, 3.63) is 29.8 Å². The number of esters is 1. The maximum absolute atomic E-state index is 11.6. The Hall–Kier alpha value is -1.55. The Morgan fingerprint density at radius 1 is 1.41 bits per heavy atom. The van der Waals surface area contributed by atoms with Crippen LogP contribution < -0.4 is 5.73 Å². The van der Waals surface area contributed by atoms with E-state index in [4.69, 9.17) is 10.5 Å². The maximum atomic E-state index is 11.6. The number of aromatic hydroxyl groups is 1. The zero-order valence-electron chi connectivity index (χ0n) is 10.4. The lowest BCUT2D eigenvalue weighted by atomic mass is 10.1. The van der Waals surface area contributed by atoms with Crippen LogP contribution in [-0.4, -0.2) is 22.7 Å². The largest absolute Gasteiger partial charge is 0.508 e. The van der Waals surface area contributed by atoms with E-state index in [9.17, 15) is 9.90 Å². The lowest BCUT2D eigenvalue weighted by molar-refractivity contribution is -0.156. The van der Waals surface area contributed by atoms with Gasteiger partial charge in [0.25, 0.3) is 0 Å². The number of phenolic OH excluding ortho intramolecular Hbond substituents is 1. The van der Waals surface area contributed by atoms with Gasteiger partial charge in [-0.1, -0.05) is 18.2 Å². The molecule has 0 radical (unpaired) electrons. The molecule has 1 aromatic rings. The van der Waals surface area contributed by atoms with Gasteiger partial charge in [-0.15, -0.1) is 0 Å². The molecule has 0 bridgehead atoms. The minimum Gasteiger partial charge on any atom is -0.508 e. The number of rotatable bonds is 3. The van der Waals surface area contributed by atoms with Crippen molar-refractivity contribution in [2.75, 3.05) is 0 Å². The summed E-state index contributed by atoms with van der Waals surface area (Å²) in [4.78, 5) is 11.6. The Labute approximate surface area is 101 Å². The Kier molecular flexibility index (Phi) is 4.12. The molecule has 0 saturated carbocycles. The Morgan fingerprint density at radius 3 is 2.53 bits per heavy atom. The molecule has 3 N–H and O–H groups in total. The fourth-order valence-corrected chi connectivity index (χ4v) is 1.38. The summed E-state index contributed by atoms with van der Waals surface area (Å²) in [5.74, 6) is -0.313. The van der Waals surface area contributed by atoms with E-state index in [1.807, 2.05) is 0 Å². The second kappa shape index (κ2) is 5.19. The molecule has 1 atom stereocenters. The van der Waals surface area contributed by atoms with E-state index in [0.717, 1.165) is 0 Å². The first-order valence-electron chi connectivity index (χ1n) is 5.55. The molecule has 0 fully saturated rings. The number of hydrogen-bond acceptors (Lipinski definition) is 4. The van der Waals surface area contributed by atoms with Gasteiger partial charge in [0.15, 0.2) is 0 Å². The molecule has 4 heteroatoms. The van der Waals surface area contributed by atoms with Gasteiger partial charge < -0.3 is 15.6 Å². The highest BCUT2D eigenvalue weighted by Crippen LogP contribution is 2.18. The maximum Gasteiger partial charge on any atom is 0.323 e. The minimum absolute atomic E-state index is 0.145. The van der Waals surface area contributed by atoms with Gasteiger partial charge in [0.05, 0.1) is 0 Å². The Balaban J connectivity index is 2.64. The van der Waals surface area contributed by atoms with Crippen molar-refractivity contribution in [1.29, 1.82) is 0 Å². The minimum atomic E-state index is -0.762. The van der Waals surface area contributed by atoms with E-state index in [-0.39, 0.29) is 12.2 Å². The van der Waals surface area contributed by atoms with Crippen molar-refractivity contribution in [3.8, 4) is 5.75 Å². The van der Waals surface area contributed by atoms with Crippen LogP contribution in [0.15, 0.2) is 24.3 Å². The number of para-hydroxylation sites is 1. The van der Waals surface area contributed by atoms with Gasteiger partial charge in [-0.05, 0) is 32.4 Å². The summed E-state index contributed by atoms with van der Waals surface area (Å²) in [7, 11) is 0.